The smallest absolute Gasteiger partial charge is 0.329 e. The molecule has 8 nitrogen and oxygen atoms in total. The zero-order valence-electron chi connectivity index (χ0n) is 10.3. The molecule has 2 N–H and O–H groups in total. The van der Waals surface area contributed by atoms with Gasteiger partial charge in [0.25, 0.3) is 0 Å². The molecule has 0 aromatic carbocycles. The molecule has 2 aromatic heterocycles. The lowest BCUT2D eigenvalue weighted by Crippen LogP contribution is -2.10. The Morgan fingerprint density at radius 2 is 2.37 bits per heavy atom. The second kappa shape index (κ2) is 5.80. The van der Waals surface area contributed by atoms with Gasteiger partial charge in [0, 0.05) is 20.0 Å². The molecule has 19 heavy (non-hydrogen) atoms. The van der Waals surface area contributed by atoms with Crippen molar-refractivity contribution in [2.45, 2.75) is 6.42 Å². The minimum absolute atomic E-state index is 0.154. The Kier molecular flexibility index (Phi) is 3.91. The second-order valence-corrected chi connectivity index (χ2v) is 3.69. The zero-order chi connectivity index (χ0) is 13.7. The van der Waals surface area contributed by atoms with Crippen molar-refractivity contribution < 1.29 is 9.34 Å². The van der Waals surface area contributed by atoms with E-state index in [4.69, 9.17) is 4.42 Å². The molecule has 0 aliphatic heterocycles. The zero-order valence-corrected chi connectivity index (χ0v) is 10.3. The van der Waals surface area contributed by atoms with E-state index in [0.717, 1.165) is 5.76 Å². The highest BCUT2D eigenvalue weighted by atomic mass is 16.6. The Labute approximate surface area is 109 Å². The molecular weight excluding hydrogens is 250 g/mol. The summed E-state index contributed by atoms with van der Waals surface area (Å²) in [5.74, 6) is 1.32. The molecule has 0 unspecified atom stereocenters. The SMILES string of the molecule is CNc1ncc([N+](=O)[O-])c(NCCc2ccco2)n1. The molecule has 0 saturated carbocycles. The van der Waals surface area contributed by atoms with Crippen LogP contribution in [-0.2, 0) is 6.42 Å². The van der Waals surface area contributed by atoms with E-state index in [1.165, 1.54) is 6.20 Å². The van der Waals surface area contributed by atoms with E-state index < -0.39 is 4.92 Å². The Hall–Kier alpha value is -2.64. The molecule has 0 aliphatic carbocycles. The molecule has 0 bridgehead atoms. The van der Waals surface area contributed by atoms with Crippen LogP contribution in [0.1, 0.15) is 5.76 Å². The number of nitrogens with one attached hydrogen (secondary N) is 2. The summed E-state index contributed by atoms with van der Waals surface area (Å²) in [5.41, 5.74) is -0.154. The van der Waals surface area contributed by atoms with Gasteiger partial charge < -0.3 is 15.1 Å². The molecule has 2 aromatic rings. The quantitative estimate of drug-likeness (QED) is 0.603. The van der Waals surface area contributed by atoms with Crippen molar-refractivity contribution in [3.8, 4) is 0 Å². The highest BCUT2D eigenvalue weighted by Gasteiger charge is 2.16. The summed E-state index contributed by atoms with van der Waals surface area (Å²) in [6.07, 6.45) is 3.37. The number of nitro groups is 1. The summed E-state index contributed by atoms with van der Waals surface area (Å²) in [6, 6.07) is 3.64. The summed E-state index contributed by atoms with van der Waals surface area (Å²) in [6.45, 7) is 0.481. The van der Waals surface area contributed by atoms with Gasteiger partial charge in [0.15, 0.2) is 0 Å². The number of hydrogen-bond acceptors (Lipinski definition) is 7. The highest BCUT2D eigenvalue weighted by Crippen LogP contribution is 2.21. The topological polar surface area (TPSA) is 106 Å². The molecule has 8 heteroatoms. The predicted molar refractivity (Wildman–Crippen MR) is 69.1 cm³/mol. The molecule has 100 valence electrons. The largest absolute Gasteiger partial charge is 0.469 e. The third-order valence-corrected chi connectivity index (χ3v) is 2.43. The maximum atomic E-state index is 10.9. The minimum atomic E-state index is -0.519. The van der Waals surface area contributed by atoms with Crippen LogP contribution in [0, 0.1) is 10.1 Å². The molecule has 0 spiro atoms. The molecule has 2 rings (SSSR count). The fourth-order valence-corrected chi connectivity index (χ4v) is 1.52. The van der Waals surface area contributed by atoms with E-state index in [0.29, 0.717) is 18.9 Å². The Morgan fingerprint density at radius 3 is 3.00 bits per heavy atom. The van der Waals surface area contributed by atoms with Crippen molar-refractivity contribution in [1.82, 2.24) is 9.97 Å². The monoisotopic (exact) mass is 263 g/mol. The van der Waals surface area contributed by atoms with Crippen molar-refractivity contribution in [3.05, 3.63) is 40.5 Å². The number of aromatic nitrogens is 2. The van der Waals surface area contributed by atoms with E-state index in [2.05, 4.69) is 20.6 Å². The standard InChI is InChI=1S/C11H13N5O3/c1-12-11-14-7-9(16(17)18)10(15-11)13-5-4-8-3-2-6-19-8/h2-3,6-7H,4-5H2,1H3,(H2,12,13,14,15). The summed E-state index contributed by atoms with van der Waals surface area (Å²) < 4.78 is 5.18. The van der Waals surface area contributed by atoms with E-state index in [-0.39, 0.29) is 11.5 Å². The molecule has 0 aliphatic rings. The molecule has 0 fully saturated rings. The van der Waals surface area contributed by atoms with Crippen LogP contribution in [0.2, 0.25) is 0 Å². The molecule has 0 radical (unpaired) electrons. The molecule has 2 heterocycles. The fraction of sp³-hybridized carbons (Fsp3) is 0.273. The summed E-state index contributed by atoms with van der Waals surface area (Å²) >= 11 is 0. The van der Waals surface area contributed by atoms with Gasteiger partial charge in [0.1, 0.15) is 12.0 Å². The number of furan rings is 1. The molecular formula is C11H13N5O3. The van der Waals surface area contributed by atoms with Crippen LogP contribution < -0.4 is 10.6 Å². The highest BCUT2D eigenvalue weighted by molar-refractivity contribution is 5.56. The van der Waals surface area contributed by atoms with Crippen molar-refractivity contribution >= 4 is 17.5 Å². The van der Waals surface area contributed by atoms with Crippen LogP contribution in [0.4, 0.5) is 17.5 Å². The van der Waals surface area contributed by atoms with E-state index in [1.54, 1.807) is 19.4 Å². The molecule has 0 atom stereocenters. The van der Waals surface area contributed by atoms with Crippen molar-refractivity contribution in [3.63, 3.8) is 0 Å². The number of nitrogens with zero attached hydrogens (tertiary/aromatic N) is 3. The predicted octanol–water partition coefficient (Wildman–Crippen LogP) is 1.67. The van der Waals surface area contributed by atoms with Crippen molar-refractivity contribution in [2.75, 3.05) is 24.2 Å². The van der Waals surface area contributed by atoms with Gasteiger partial charge in [0.05, 0.1) is 11.2 Å². The Bertz CT molecular complexity index is 555. The minimum Gasteiger partial charge on any atom is -0.469 e. The number of hydrogen-bond donors (Lipinski definition) is 2. The van der Waals surface area contributed by atoms with Crippen molar-refractivity contribution in [2.24, 2.45) is 0 Å². The maximum Gasteiger partial charge on any atom is 0.329 e. The van der Waals surface area contributed by atoms with Crippen LogP contribution >= 0.6 is 0 Å². The first-order valence-corrected chi connectivity index (χ1v) is 5.66. The number of anilines is 2. The summed E-state index contributed by atoms with van der Waals surface area (Å²) in [7, 11) is 1.65. The van der Waals surface area contributed by atoms with Crippen LogP contribution in [-0.4, -0.2) is 28.5 Å². The first-order chi connectivity index (χ1) is 9.20. The van der Waals surface area contributed by atoms with Crippen LogP contribution in [0.5, 0.6) is 0 Å². The van der Waals surface area contributed by atoms with Crippen LogP contribution in [0.15, 0.2) is 29.0 Å². The lowest BCUT2D eigenvalue weighted by Gasteiger charge is -2.06. The average Bonchev–Trinajstić information content (AvgIpc) is 2.91. The van der Waals surface area contributed by atoms with E-state index >= 15 is 0 Å². The van der Waals surface area contributed by atoms with Crippen LogP contribution in [0.3, 0.4) is 0 Å². The average molecular weight is 263 g/mol. The third-order valence-electron chi connectivity index (χ3n) is 2.43. The van der Waals surface area contributed by atoms with Gasteiger partial charge >= 0.3 is 5.69 Å². The van der Waals surface area contributed by atoms with Gasteiger partial charge in [-0.1, -0.05) is 0 Å². The van der Waals surface area contributed by atoms with Gasteiger partial charge in [-0.2, -0.15) is 4.98 Å². The maximum absolute atomic E-state index is 10.9. The van der Waals surface area contributed by atoms with Crippen LogP contribution in [0.25, 0.3) is 0 Å². The lowest BCUT2D eigenvalue weighted by atomic mass is 10.3. The van der Waals surface area contributed by atoms with E-state index in [1.807, 2.05) is 6.07 Å². The number of rotatable bonds is 6. The normalized spacial score (nSPS) is 10.2. The van der Waals surface area contributed by atoms with E-state index in [9.17, 15) is 10.1 Å². The van der Waals surface area contributed by atoms with Gasteiger partial charge in [0.2, 0.25) is 11.8 Å². The third kappa shape index (κ3) is 3.18. The van der Waals surface area contributed by atoms with Gasteiger partial charge in [-0.15, -0.1) is 0 Å². The molecule has 0 saturated heterocycles. The van der Waals surface area contributed by atoms with Gasteiger partial charge in [-0.05, 0) is 12.1 Å². The fourth-order valence-electron chi connectivity index (χ4n) is 1.52. The molecule has 0 amide bonds. The van der Waals surface area contributed by atoms with Gasteiger partial charge in [-0.3, -0.25) is 10.1 Å². The Balaban J connectivity index is 2.06. The van der Waals surface area contributed by atoms with Gasteiger partial charge in [-0.25, -0.2) is 4.98 Å². The summed E-state index contributed by atoms with van der Waals surface area (Å²) in [4.78, 5) is 18.2. The second-order valence-electron chi connectivity index (χ2n) is 3.69. The first-order valence-electron chi connectivity index (χ1n) is 5.66. The van der Waals surface area contributed by atoms with Crippen molar-refractivity contribution in [1.29, 1.82) is 0 Å². The Morgan fingerprint density at radius 1 is 1.53 bits per heavy atom. The first kappa shape index (κ1) is 12.8. The summed E-state index contributed by atoms with van der Waals surface area (Å²) in [5, 5.41) is 16.5. The lowest BCUT2D eigenvalue weighted by molar-refractivity contribution is -0.384.